The number of thiazole rings is 1. The SMILES string of the molecule is O=C(Nc1nc(-c2ccc(F)cc2)cs1)c1ccc(N2CCCS2(=O)=O)cc1. The number of sulfonamides is 1. The van der Waals surface area contributed by atoms with Crippen molar-refractivity contribution in [2.24, 2.45) is 0 Å². The van der Waals surface area contributed by atoms with E-state index in [0.717, 1.165) is 5.56 Å². The van der Waals surface area contributed by atoms with Crippen molar-refractivity contribution in [2.75, 3.05) is 21.9 Å². The van der Waals surface area contributed by atoms with Gasteiger partial charge in [-0.15, -0.1) is 11.3 Å². The first-order chi connectivity index (χ1) is 13.4. The number of carbonyl (C=O) groups excluding carboxylic acids is 1. The molecule has 4 rings (SSSR count). The number of rotatable bonds is 4. The summed E-state index contributed by atoms with van der Waals surface area (Å²) in [5, 5.41) is 4.94. The van der Waals surface area contributed by atoms with E-state index in [4.69, 9.17) is 0 Å². The zero-order chi connectivity index (χ0) is 19.7. The Morgan fingerprint density at radius 1 is 1.11 bits per heavy atom. The zero-order valence-electron chi connectivity index (χ0n) is 14.6. The first kappa shape index (κ1) is 18.6. The molecule has 0 radical (unpaired) electrons. The maximum Gasteiger partial charge on any atom is 0.257 e. The molecular weight excluding hydrogens is 401 g/mol. The van der Waals surface area contributed by atoms with Gasteiger partial charge < -0.3 is 0 Å². The third-order valence-electron chi connectivity index (χ3n) is 4.38. The Balaban J connectivity index is 1.46. The Kier molecular flexibility index (Phi) is 4.86. The molecule has 2 aromatic carbocycles. The number of anilines is 2. The van der Waals surface area contributed by atoms with Gasteiger partial charge in [0, 0.05) is 23.1 Å². The van der Waals surface area contributed by atoms with E-state index in [0.29, 0.717) is 35.0 Å². The molecule has 144 valence electrons. The second kappa shape index (κ2) is 7.33. The summed E-state index contributed by atoms with van der Waals surface area (Å²) in [6.07, 6.45) is 0.602. The number of hydrogen-bond acceptors (Lipinski definition) is 5. The van der Waals surface area contributed by atoms with Crippen molar-refractivity contribution in [1.29, 1.82) is 0 Å². The van der Waals surface area contributed by atoms with E-state index in [-0.39, 0.29) is 17.5 Å². The van der Waals surface area contributed by atoms with Gasteiger partial charge in [-0.25, -0.2) is 17.8 Å². The molecule has 1 saturated heterocycles. The molecule has 1 aromatic heterocycles. The number of hydrogen-bond donors (Lipinski definition) is 1. The smallest absolute Gasteiger partial charge is 0.257 e. The highest BCUT2D eigenvalue weighted by molar-refractivity contribution is 7.93. The van der Waals surface area contributed by atoms with E-state index in [2.05, 4.69) is 10.3 Å². The van der Waals surface area contributed by atoms with Gasteiger partial charge in [0.1, 0.15) is 5.82 Å². The van der Waals surface area contributed by atoms with Crippen molar-refractivity contribution in [2.45, 2.75) is 6.42 Å². The van der Waals surface area contributed by atoms with Crippen LogP contribution >= 0.6 is 11.3 Å². The first-order valence-electron chi connectivity index (χ1n) is 8.56. The fraction of sp³-hybridized carbons (Fsp3) is 0.158. The van der Waals surface area contributed by atoms with Crippen molar-refractivity contribution in [3.63, 3.8) is 0 Å². The number of carbonyl (C=O) groups is 1. The number of aromatic nitrogens is 1. The third kappa shape index (κ3) is 3.76. The predicted octanol–water partition coefficient (Wildman–Crippen LogP) is 3.74. The number of halogens is 1. The Hall–Kier alpha value is -2.78. The minimum Gasteiger partial charge on any atom is -0.298 e. The molecule has 0 spiro atoms. The number of amides is 1. The lowest BCUT2D eigenvalue weighted by molar-refractivity contribution is 0.102. The van der Waals surface area contributed by atoms with Crippen molar-refractivity contribution in [1.82, 2.24) is 4.98 Å². The molecule has 1 fully saturated rings. The minimum atomic E-state index is -3.25. The summed E-state index contributed by atoms with van der Waals surface area (Å²) >= 11 is 1.27. The van der Waals surface area contributed by atoms with Crippen LogP contribution in [0.5, 0.6) is 0 Å². The molecule has 3 aromatic rings. The van der Waals surface area contributed by atoms with Crippen LogP contribution in [-0.2, 0) is 10.0 Å². The molecule has 1 aliphatic rings. The van der Waals surface area contributed by atoms with E-state index >= 15 is 0 Å². The van der Waals surface area contributed by atoms with Gasteiger partial charge in [-0.2, -0.15) is 0 Å². The van der Waals surface area contributed by atoms with E-state index in [1.807, 2.05) is 0 Å². The van der Waals surface area contributed by atoms with Crippen LogP contribution in [0.4, 0.5) is 15.2 Å². The molecule has 6 nitrogen and oxygen atoms in total. The minimum absolute atomic E-state index is 0.148. The monoisotopic (exact) mass is 417 g/mol. The van der Waals surface area contributed by atoms with Crippen LogP contribution in [-0.4, -0.2) is 31.6 Å². The van der Waals surface area contributed by atoms with Gasteiger partial charge in [0.2, 0.25) is 10.0 Å². The molecule has 0 bridgehead atoms. The average Bonchev–Trinajstić information content (AvgIpc) is 3.28. The second-order valence-electron chi connectivity index (χ2n) is 6.29. The topological polar surface area (TPSA) is 79.4 Å². The molecule has 0 saturated carbocycles. The lowest BCUT2D eigenvalue weighted by Gasteiger charge is -2.16. The summed E-state index contributed by atoms with van der Waals surface area (Å²) in [4.78, 5) is 16.8. The maximum atomic E-state index is 13.0. The van der Waals surface area contributed by atoms with E-state index < -0.39 is 10.0 Å². The quantitative estimate of drug-likeness (QED) is 0.701. The Morgan fingerprint density at radius 2 is 1.82 bits per heavy atom. The molecule has 9 heteroatoms. The highest BCUT2D eigenvalue weighted by Crippen LogP contribution is 2.27. The van der Waals surface area contributed by atoms with Crippen LogP contribution in [0.25, 0.3) is 11.3 Å². The summed E-state index contributed by atoms with van der Waals surface area (Å²) < 4.78 is 38.3. The van der Waals surface area contributed by atoms with Gasteiger partial charge >= 0.3 is 0 Å². The first-order valence-corrected chi connectivity index (χ1v) is 11.0. The van der Waals surface area contributed by atoms with Crippen molar-refractivity contribution >= 4 is 38.1 Å². The molecule has 28 heavy (non-hydrogen) atoms. The second-order valence-corrected chi connectivity index (χ2v) is 9.16. The highest BCUT2D eigenvalue weighted by Gasteiger charge is 2.28. The van der Waals surface area contributed by atoms with Crippen LogP contribution in [0.3, 0.4) is 0 Å². The Morgan fingerprint density at radius 3 is 2.46 bits per heavy atom. The van der Waals surface area contributed by atoms with Crippen molar-refractivity contribution < 1.29 is 17.6 Å². The van der Waals surface area contributed by atoms with Gasteiger partial charge in [0.25, 0.3) is 5.91 Å². The van der Waals surface area contributed by atoms with E-state index in [1.165, 1.54) is 27.8 Å². The molecule has 0 atom stereocenters. The summed E-state index contributed by atoms with van der Waals surface area (Å²) in [6, 6.07) is 12.4. The summed E-state index contributed by atoms with van der Waals surface area (Å²) in [7, 11) is -3.25. The van der Waals surface area contributed by atoms with Gasteiger partial charge in [0.05, 0.1) is 17.1 Å². The lowest BCUT2D eigenvalue weighted by Crippen LogP contribution is -2.25. The van der Waals surface area contributed by atoms with Gasteiger partial charge in [-0.3, -0.25) is 14.4 Å². The van der Waals surface area contributed by atoms with Crippen molar-refractivity contribution in [3.05, 3.63) is 65.3 Å². The fourth-order valence-corrected chi connectivity index (χ4v) is 5.24. The maximum absolute atomic E-state index is 13.0. The third-order valence-corrected chi connectivity index (χ3v) is 7.01. The molecule has 2 heterocycles. The van der Waals surface area contributed by atoms with E-state index in [1.54, 1.807) is 41.8 Å². The Bertz CT molecular complexity index is 1110. The summed E-state index contributed by atoms with van der Waals surface area (Å²) in [6.45, 7) is 0.457. The highest BCUT2D eigenvalue weighted by atomic mass is 32.2. The normalized spacial score (nSPS) is 15.5. The zero-order valence-corrected chi connectivity index (χ0v) is 16.3. The van der Waals surface area contributed by atoms with Gasteiger partial charge in [-0.1, -0.05) is 0 Å². The number of benzene rings is 2. The van der Waals surface area contributed by atoms with Crippen LogP contribution < -0.4 is 9.62 Å². The summed E-state index contributed by atoms with van der Waals surface area (Å²) in [5.41, 5.74) is 2.37. The van der Waals surface area contributed by atoms with Crippen LogP contribution in [0.15, 0.2) is 53.9 Å². The molecule has 0 unspecified atom stereocenters. The molecule has 1 aliphatic heterocycles. The number of nitrogens with zero attached hydrogens (tertiary/aromatic N) is 2. The lowest BCUT2D eigenvalue weighted by atomic mass is 10.2. The van der Waals surface area contributed by atoms with Crippen LogP contribution in [0.2, 0.25) is 0 Å². The van der Waals surface area contributed by atoms with Crippen molar-refractivity contribution in [3.8, 4) is 11.3 Å². The van der Waals surface area contributed by atoms with E-state index in [9.17, 15) is 17.6 Å². The molecular formula is C19H16FN3O3S2. The Labute approximate surface area is 165 Å². The number of nitrogens with one attached hydrogen (secondary N) is 1. The van der Waals surface area contributed by atoms with Crippen LogP contribution in [0.1, 0.15) is 16.8 Å². The fourth-order valence-electron chi connectivity index (χ4n) is 2.96. The van der Waals surface area contributed by atoms with Gasteiger partial charge in [-0.05, 0) is 55.0 Å². The largest absolute Gasteiger partial charge is 0.298 e. The molecule has 1 amide bonds. The summed E-state index contributed by atoms with van der Waals surface area (Å²) in [5.74, 6) is -0.510. The molecule has 1 N–H and O–H groups in total. The predicted molar refractivity (Wildman–Crippen MR) is 108 cm³/mol. The molecule has 0 aliphatic carbocycles. The standard InChI is InChI=1S/C19H16FN3O3S2/c20-15-6-2-13(3-7-15)17-12-27-19(21-17)22-18(24)14-4-8-16(9-5-14)23-10-1-11-28(23,25)26/h2-9,12H,1,10-11H2,(H,21,22,24). The van der Waals surface area contributed by atoms with Gasteiger partial charge in [0.15, 0.2) is 5.13 Å². The average molecular weight is 417 g/mol. The van der Waals surface area contributed by atoms with Crippen LogP contribution in [0, 0.1) is 5.82 Å².